The van der Waals surface area contributed by atoms with Gasteiger partial charge in [-0.1, -0.05) is 26.8 Å². The summed E-state index contributed by atoms with van der Waals surface area (Å²) in [5.74, 6) is 0.781. The van der Waals surface area contributed by atoms with Crippen LogP contribution in [0.15, 0.2) is 12.7 Å². The first-order valence-electron chi connectivity index (χ1n) is 6.02. The van der Waals surface area contributed by atoms with Gasteiger partial charge in [0.15, 0.2) is 0 Å². The summed E-state index contributed by atoms with van der Waals surface area (Å²) in [5, 5.41) is 0. The highest BCUT2D eigenvalue weighted by Crippen LogP contribution is 2.07. The molecular weight excluding hydrogens is 184 g/mol. The zero-order valence-corrected chi connectivity index (χ0v) is 11.2. The highest BCUT2D eigenvalue weighted by molar-refractivity contribution is 4.89. The van der Waals surface area contributed by atoms with Crippen LogP contribution in [0.5, 0.6) is 0 Å². The second-order valence-corrected chi connectivity index (χ2v) is 4.88. The van der Waals surface area contributed by atoms with Crippen molar-refractivity contribution in [2.24, 2.45) is 5.92 Å². The van der Waals surface area contributed by atoms with Gasteiger partial charge in [0.1, 0.15) is 0 Å². The van der Waals surface area contributed by atoms with E-state index in [0.717, 1.165) is 19.0 Å². The molecule has 2 heteroatoms. The highest BCUT2D eigenvalue weighted by atomic mass is 15.2. The fourth-order valence-corrected chi connectivity index (χ4v) is 1.70. The smallest absolute Gasteiger partial charge is 0.0402 e. The summed E-state index contributed by atoms with van der Waals surface area (Å²) in [6.45, 7) is 14.1. The number of hydrogen-bond acceptors (Lipinski definition) is 2. The summed E-state index contributed by atoms with van der Waals surface area (Å²) in [6.07, 6.45) is 3.34. The topological polar surface area (TPSA) is 6.48 Å². The van der Waals surface area contributed by atoms with Crippen molar-refractivity contribution in [2.45, 2.75) is 33.2 Å². The molecule has 0 radical (unpaired) electrons. The van der Waals surface area contributed by atoms with Gasteiger partial charge in [-0.15, -0.1) is 6.58 Å². The first-order valence-corrected chi connectivity index (χ1v) is 6.02. The van der Waals surface area contributed by atoms with E-state index < -0.39 is 0 Å². The molecule has 0 saturated carbocycles. The Morgan fingerprint density at radius 3 is 2.20 bits per heavy atom. The fraction of sp³-hybridized carbons (Fsp3) is 0.846. The van der Waals surface area contributed by atoms with Crippen LogP contribution in [0.1, 0.15) is 27.2 Å². The van der Waals surface area contributed by atoms with E-state index in [2.05, 4.69) is 57.3 Å². The molecule has 15 heavy (non-hydrogen) atoms. The largest absolute Gasteiger partial charge is 0.308 e. The van der Waals surface area contributed by atoms with Gasteiger partial charge in [-0.3, -0.25) is 4.90 Å². The monoisotopic (exact) mass is 212 g/mol. The molecule has 0 aromatic rings. The van der Waals surface area contributed by atoms with Crippen LogP contribution < -0.4 is 0 Å². The van der Waals surface area contributed by atoms with E-state index in [4.69, 9.17) is 0 Å². The number of hydrogen-bond donors (Lipinski definition) is 0. The Kier molecular flexibility index (Phi) is 7.71. The van der Waals surface area contributed by atoms with E-state index in [1.807, 2.05) is 0 Å². The van der Waals surface area contributed by atoms with Gasteiger partial charge in [0, 0.05) is 12.6 Å². The summed E-state index contributed by atoms with van der Waals surface area (Å²) in [5.41, 5.74) is 0. The van der Waals surface area contributed by atoms with Crippen molar-refractivity contribution < 1.29 is 0 Å². The van der Waals surface area contributed by atoms with E-state index in [-0.39, 0.29) is 0 Å². The Morgan fingerprint density at radius 1 is 1.27 bits per heavy atom. The molecule has 1 atom stereocenters. The molecule has 0 aliphatic rings. The fourth-order valence-electron chi connectivity index (χ4n) is 1.70. The maximum Gasteiger partial charge on any atom is 0.0402 e. The third-order valence-electron chi connectivity index (χ3n) is 2.69. The third kappa shape index (κ3) is 6.69. The number of nitrogens with zero attached hydrogens (tertiary/aromatic N) is 2. The molecule has 0 amide bonds. The Bertz CT molecular complexity index is 164. The van der Waals surface area contributed by atoms with Gasteiger partial charge >= 0.3 is 0 Å². The second-order valence-electron chi connectivity index (χ2n) is 4.88. The lowest BCUT2D eigenvalue weighted by Gasteiger charge is -2.31. The van der Waals surface area contributed by atoms with Gasteiger partial charge in [0.25, 0.3) is 0 Å². The van der Waals surface area contributed by atoms with Crippen LogP contribution in [-0.2, 0) is 0 Å². The van der Waals surface area contributed by atoms with Crippen molar-refractivity contribution in [3.05, 3.63) is 12.7 Å². The SMILES string of the molecule is C=CC(CN(C)C)N(CC)CCC(C)C. The van der Waals surface area contributed by atoms with Crippen LogP contribution in [-0.4, -0.2) is 49.6 Å². The number of likely N-dealkylation sites (N-methyl/N-ethyl adjacent to an activating group) is 2. The van der Waals surface area contributed by atoms with Crippen molar-refractivity contribution in [1.29, 1.82) is 0 Å². The lowest BCUT2D eigenvalue weighted by molar-refractivity contribution is 0.192. The van der Waals surface area contributed by atoms with Gasteiger partial charge in [-0.25, -0.2) is 0 Å². The average Bonchev–Trinajstić information content (AvgIpc) is 2.15. The molecule has 0 aromatic heterocycles. The Balaban J connectivity index is 4.14. The van der Waals surface area contributed by atoms with Gasteiger partial charge in [0.2, 0.25) is 0 Å². The van der Waals surface area contributed by atoms with Crippen molar-refractivity contribution in [2.75, 3.05) is 33.7 Å². The van der Waals surface area contributed by atoms with Crippen LogP contribution >= 0.6 is 0 Å². The van der Waals surface area contributed by atoms with E-state index in [9.17, 15) is 0 Å². The summed E-state index contributed by atoms with van der Waals surface area (Å²) >= 11 is 0. The first kappa shape index (κ1) is 14.7. The number of rotatable bonds is 8. The van der Waals surface area contributed by atoms with Crippen molar-refractivity contribution in [1.82, 2.24) is 9.80 Å². The average molecular weight is 212 g/mol. The van der Waals surface area contributed by atoms with Gasteiger partial charge < -0.3 is 4.90 Å². The predicted octanol–water partition coefficient (Wildman–Crippen LogP) is 2.47. The molecule has 90 valence electrons. The zero-order valence-electron chi connectivity index (χ0n) is 11.2. The molecule has 2 nitrogen and oxygen atoms in total. The Morgan fingerprint density at radius 2 is 1.87 bits per heavy atom. The third-order valence-corrected chi connectivity index (χ3v) is 2.69. The zero-order chi connectivity index (χ0) is 11.8. The quantitative estimate of drug-likeness (QED) is 0.570. The predicted molar refractivity (Wildman–Crippen MR) is 69.2 cm³/mol. The van der Waals surface area contributed by atoms with E-state index in [0.29, 0.717) is 6.04 Å². The van der Waals surface area contributed by atoms with Crippen LogP contribution in [0.2, 0.25) is 0 Å². The summed E-state index contributed by atoms with van der Waals surface area (Å²) in [6, 6.07) is 0.490. The molecule has 0 spiro atoms. The minimum atomic E-state index is 0.490. The molecule has 0 aliphatic heterocycles. The maximum absolute atomic E-state index is 3.94. The molecular formula is C13H28N2. The van der Waals surface area contributed by atoms with E-state index >= 15 is 0 Å². The molecule has 0 heterocycles. The minimum Gasteiger partial charge on any atom is -0.308 e. The molecule has 0 rings (SSSR count). The van der Waals surface area contributed by atoms with Gasteiger partial charge in [-0.05, 0) is 39.5 Å². The molecule has 0 aliphatic carbocycles. The minimum absolute atomic E-state index is 0.490. The molecule has 0 saturated heterocycles. The van der Waals surface area contributed by atoms with Crippen LogP contribution in [0.3, 0.4) is 0 Å². The lowest BCUT2D eigenvalue weighted by Crippen LogP contribution is -2.41. The molecule has 0 N–H and O–H groups in total. The molecule has 0 fully saturated rings. The molecule has 0 bridgehead atoms. The van der Waals surface area contributed by atoms with Crippen LogP contribution in [0, 0.1) is 5.92 Å². The van der Waals surface area contributed by atoms with E-state index in [1.54, 1.807) is 0 Å². The first-order chi connectivity index (χ1) is 7.01. The van der Waals surface area contributed by atoms with Crippen LogP contribution in [0.4, 0.5) is 0 Å². The molecule has 0 aromatic carbocycles. The van der Waals surface area contributed by atoms with Crippen molar-refractivity contribution >= 4 is 0 Å². The standard InChI is InChI=1S/C13H28N2/c1-7-13(11-14(5)6)15(8-2)10-9-12(3)4/h7,12-13H,1,8-11H2,2-6H3. The van der Waals surface area contributed by atoms with E-state index in [1.165, 1.54) is 13.0 Å². The van der Waals surface area contributed by atoms with Gasteiger partial charge in [0.05, 0.1) is 0 Å². The summed E-state index contributed by atoms with van der Waals surface area (Å²) in [4.78, 5) is 4.73. The second kappa shape index (κ2) is 7.89. The molecule has 1 unspecified atom stereocenters. The lowest BCUT2D eigenvalue weighted by atomic mass is 10.1. The Labute approximate surface area is 95.9 Å². The normalized spacial score (nSPS) is 13.9. The van der Waals surface area contributed by atoms with Crippen molar-refractivity contribution in [3.63, 3.8) is 0 Å². The Hall–Kier alpha value is -0.340. The van der Waals surface area contributed by atoms with Crippen molar-refractivity contribution in [3.8, 4) is 0 Å². The van der Waals surface area contributed by atoms with Gasteiger partial charge in [-0.2, -0.15) is 0 Å². The summed E-state index contributed by atoms with van der Waals surface area (Å²) in [7, 11) is 4.24. The van der Waals surface area contributed by atoms with Crippen LogP contribution in [0.25, 0.3) is 0 Å². The summed E-state index contributed by atoms with van der Waals surface area (Å²) < 4.78 is 0. The maximum atomic E-state index is 3.94. The highest BCUT2D eigenvalue weighted by Gasteiger charge is 2.14.